The molecule has 9 heteroatoms. The molecule has 4 heterocycles. The number of fused-ring (bicyclic) bond motifs is 4. The van der Waals surface area contributed by atoms with E-state index in [1.165, 1.54) is 0 Å². The van der Waals surface area contributed by atoms with E-state index in [1.54, 1.807) is 12.3 Å². The summed E-state index contributed by atoms with van der Waals surface area (Å²) >= 11 is 0. The lowest BCUT2D eigenvalue weighted by Gasteiger charge is -2.37. The maximum Gasteiger partial charge on any atom is 0.185 e. The SMILES string of the molecule is C=C/C=C\C=C(/C)c1nc2c(nc1-c1ccccn1)N(c1ccc3ccccc3c1)c1nc(C#N)c(N)nc1N2c1ccc2ccccc2c1. The van der Waals surface area contributed by atoms with E-state index >= 15 is 0 Å². The number of nitriles is 1. The van der Waals surface area contributed by atoms with E-state index in [9.17, 15) is 5.26 Å². The number of nitrogens with zero attached hydrogens (tertiary/aromatic N) is 8. The van der Waals surface area contributed by atoms with Gasteiger partial charge in [-0.3, -0.25) is 14.8 Å². The Labute approximate surface area is 288 Å². The quantitative estimate of drug-likeness (QED) is 0.176. The molecule has 9 nitrogen and oxygen atoms in total. The number of benzene rings is 4. The molecule has 1 aliphatic rings. The molecule has 238 valence electrons. The third-order valence-corrected chi connectivity index (χ3v) is 8.56. The minimum absolute atomic E-state index is 0.0127. The molecule has 0 bridgehead atoms. The molecule has 3 aromatic heterocycles. The number of hydrogen-bond acceptors (Lipinski definition) is 9. The highest BCUT2D eigenvalue weighted by Gasteiger charge is 2.38. The number of nitrogen functional groups attached to an aromatic ring is 1. The Kier molecular flexibility index (Phi) is 7.51. The van der Waals surface area contributed by atoms with Gasteiger partial charge in [-0.2, -0.15) is 5.26 Å². The minimum atomic E-state index is 0.0127. The van der Waals surface area contributed by atoms with Crippen molar-refractivity contribution in [3.63, 3.8) is 0 Å². The molecule has 1 aliphatic heterocycles. The lowest BCUT2D eigenvalue weighted by molar-refractivity contribution is 0.981. The summed E-state index contributed by atoms with van der Waals surface area (Å²) in [5, 5.41) is 14.3. The maximum absolute atomic E-state index is 10.1. The topological polar surface area (TPSA) is 121 Å². The smallest absolute Gasteiger partial charge is 0.185 e. The highest BCUT2D eigenvalue weighted by atomic mass is 15.4. The molecule has 0 unspecified atom stereocenters. The average molecular weight is 648 g/mol. The molecular weight excluding hydrogens is 619 g/mol. The van der Waals surface area contributed by atoms with E-state index in [0.29, 0.717) is 40.4 Å². The van der Waals surface area contributed by atoms with Gasteiger partial charge in [0.15, 0.2) is 34.8 Å². The van der Waals surface area contributed by atoms with Crippen LogP contribution in [0, 0.1) is 11.3 Å². The predicted octanol–water partition coefficient (Wildman–Crippen LogP) is 9.49. The number of rotatable bonds is 6. The van der Waals surface area contributed by atoms with Crippen LogP contribution in [0.4, 0.5) is 40.5 Å². The van der Waals surface area contributed by atoms with Crippen molar-refractivity contribution in [1.82, 2.24) is 24.9 Å². The van der Waals surface area contributed by atoms with Crippen molar-refractivity contribution in [1.29, 1.82) is 5.26 Å². The monoisotopic (exact) mass is 647 g/mol. The predicted molar refractivity (Wildman–Crippen MR) is 201 cm³/mol. The lowest BCUT2D eigenvalue weighted by Crippen LogP contribution is -2.29. The highest BCUT2D eigenvalue weighted by molar-refractivity contribution is 6.01. The maximum atomic E-state index is 10.1. The first kappa shape index (κ1) is 30.2. The highest BCUT2D eigenvalue weighted by Crippen LogP contribution is 2.53. The molecule has 0 spiro atoms. The summed E-state index contributed by atoms with van der Waals surface area (Å²) in [6.45, 7) is 5.80. The van der Waals surface area contributed by atoms with Crippen molar-refractivity contribution < 1.29 is 0 Å². The Morgan fingerprint density at radius 1 is 0.700 bits per heavy atom. The first-order valence-electron chi connectivity index (χ1n) is 16.0. The fourth-order valence-corrected chi connectivity index (χ4v) is 6.17. The van der Waals surface area contributed by atoms with Crippen LogP contribution in [0.2, 0.25) is 0 Å². The fourth-order valence-electron chi connectivity index (χ4n) is 6.17. The zero-order valence-corrected chi connectivity index (χ0v) is 27.1. The summed E-state index contributed by atoms with van der Waals surface area (Å²) in [5.74, 6) is 1.82. The average Bonchev–Trinajstić information content (AvgIpc) is 3.16. The molecule has 0 amide bonds. The van der Waals surface area contributed by atoms with E-state index in [2.05, 4.69) is 66.2 Å². The number of nitrogens with two attached hydrogens (primary N) is 1. The molecule has 0 atom stereocenters. The summed E-state index contributed by atoms with van der Waals surface area (Å²) in [7, 11) is 0. The molecule has 0 saturated carbocycles. The van der Waals surface area contributed by atoms with E-state index in [-0.39, 0.29) is 11.5 Å². The number of pyridine rings is 1. The Balaban J connectivity index is 1.49. The van der Waals surface area contributed by atoms with Crippen molar-refractivity contribution in [2.45, 2.75) is 6.92 Å². The second kappa shape index (κ2) is 12.4. The number of anilines is 7. The Bertz CT molecular complexity index is 2570. The summed E-state index contributed by atoms with van der Waals surface area (Å²) < 4.78 is 0. The van der Waals surface area contributed by atoms with Crippen LogP contribution in [0.15, 0.2) is 140 Å². The van der Waals surface area contributed by atoms with Gasteiger partial charge in [-0.15, -0.1) is 0 Å². The van der Waals surface area contributed by atoms with Crippen LogP contribution >= 0.6 is 0 Å². The molecule has 0 fully saturated rings. The van der Waals surface area contributed by atoms with Gasteiger partial charge in [0, 0.05) is 17.6 Å². The first-order chi connectivity index (χ1) is 24.5. The molecule has 7 aromatic rings. The minimum Gasteiger partial charge on any atom is -0.381 e. The third kappa shape index (κ3) is 5.18. The van der Waals surface area contributed by atoms with Gasteiger partial charge in [-0.05, 0) is 70.4 Å². The van der Waals surface area contributed by atoms with Crippen molar-refractivity contribution >= 4 is 67.6 Å². The normalized spacial score (nSPS) is 12.6. The van der Waals surface area contributed by atoms with Crippen LogP contribution in [0.5, 0.6) is 0 Å². The van der Waals surface area contributed by atoms with Crippen molar-refractivity contribution in [2.75, 3.05) is 15.5 Å². The number of hydrogen-bond donors (Lipinski definition) is 1. The second-order valence-electron chi connectivity index (χ2n) is 11.7. The Morgan fingerprint density at radius 3 is 1.88 bits per heavy atom. The molecule has 4 aromatic carbocycles. The molecule has 8 rings (SSSR count). The van der Waals surface area contributed by atoms with Crippen LogP contribution in [-0.4, -0.2) is 24.9 Å². The summed E-state index contributed by atoms with van der Waals surface area (Å²) in [6.07, 6.45) is 9.21. The van der Waals surface area contributed by atoms with Gasteiger partial charge >= 0.3 is 0 Å². The summed E-state index contributed by atoms with van der Waals surface area (Å²) in [4.78, 5) is 29.0. The number of allylic oxidation sites excluding steroid dienone is 5. The summed E-state index contributed by atoms with van der Waals surface area (Å²) in [6, 6.07) is 36.4. The Hall–Kier alpha value is -7.18. The molecule has 2 N–H and O–H groups in total. The second-order valence-corrected chi connectivity index (χ2v) is 11.7. The standard InChI is InChI=1S/C41H29N9/c1-3-4-5-12-26(2)35-36(33-17-10-11-22-44-33)47-40-39(46-35)50(32-21-19-28-14-7-9-16-30(28)24-32)41-38(45-34(25-42)37(43)48-41)49(40)31-20-18-27-13-6-8-15-29(27)23-31/h3-24H,1H2,2H3,(H2,43,48)/b5-4-,26-12+. The van der Waals surface area contributed by atoms with Crippen LogP contribution < -0.4 is 15.5 Å². The first-order valence-corrected chi connectivity index (χ1v) is 16.0. The number of aromatic nitrogens is 5. The van der Waals surface area contributed by atoms with Gasteiger partial charge in [-0.1, -0.05) is 97.6 Å². The Morgan fingerprint density at radius 2 is 1.28 bits per heavy atom. The van der Waals surface area contributed by atoms with Crippen LogP contribution in [0.3, 0.4) is 0 Å². The third-order valence-electron chi connectivity index (χ3n) is 8.56. The van der Waals surface area contributed by atoms with Crippen molar-refractivity contribution in [3.05, 3.63) is 152 Å². The van der Waals surface area contributed by atoms with Gasteiger partial charge in [0.1, 0.15) is 11.8 Å². The lowest BCUT2D eigenvalue weighted by atomic mass is 10.1. The van der Waals surface area contributed by atoms with Crippen LogP contribution in [-0.2, 0) is 0 Å². The van der Waals surface area contributed by atoms with Gasteiger partial charge in [0.2, 0.25) is 0 Å². The van der Waals surface area contributed by atoms with Gasteiger partial charge in [0.05, 0.1) is 11.4 Å². The molecule has 0 aliphatic carbocycles. The summed E-state index contributed by atoms with van der Waals surface area (Å²) in [5.41, 5.74) is 10.7. The van der Waals surface area contributed by atoms with E-state index < -0.39 is 0 Å². The van der Waals surface area contributed by atoms with Crippen molar-refractivity contribution in [2.24, 2.45) is 0 Å². The van der Waals surface area contributed by atoms with Gasteiger partial charge < -0.3 is 5.73 Å². The fraction of sp³-hybridized carbons (Fsp3) is 0.0244. The van der Waals surface area contributed by atoms with Crippen LogP contribution in [0.25, 0.3) is 38.5 Å². The molecule has 0 radical (unpaired) electrons. The van der Waals surface area contributed by atoms with E-state index in [4.69, 9.17) is 25.7 Å². The van der Waals surface area contributed by atoms with Crippen LogP contribution in [0.1, 0.15) is 18.3 Å². The van der Waals surface area contributed by atoms with E-state index in [1.807, 2.05) is 89.5 Å². The largest absolute Gasteiger partial charge is 0.381 e. The van der Waals surface area contributed by atoms with E-state index in [0.717, 1.165) is 38.5 Å². The zero-order chi connectivity index (χ0) is 34.2. The molecule has 50 heavy (non-hydrogen) atoms. The molecular formula is C41H29N9. The molecule has 0 saturated heterocycles. The van der Waals surface area contributed by atoms with Gasteiger partial charge in [-0.25, -0.2) is 19.9 Å². The van der Waals surface area contributed by atoms with Crippen molar-refractivity contribution in [3.8, 4) is 17.5 Å². The van der Waals surface area contributed by atoms with Gasteiger partial charge in [0.25, 0.3) is 0 Å². The zero-order valence-electron chi connectivity index (χ0n) is 27.1.